The third kappa shape index (κ3) is 3.16. The Kier molecular flexibility index (Phi) is 5.18. The van der Waals surface area contributed by atoms with Crippen molar-refractivity contribution in [3.63, 3.8) is 0 Å². The summed E-state index contributed by atoms with van der Waals surface area (Å²) in [5, 5.41) is 0. The Labute approximate surface area is 177 Å². The highest BCUT2D eigenvalue weighted by Crippen LogP contribution is 2.66. The molecule has 164 valence electrons. The van der Waals surface area contributed by atoms with E-state index < -0.39 is 0 Å². The standard InChI is InChI=1S/C26H42O3/c1-4-28-26(13-5-6-14-26)29-23-10-9-21-20-8-7-18-17-19(27)11-15-24(18,2)22(20)12-16-25(21,23)3/h18,20-23H,4-17H2,1-3H3/t18-,20-,21-,22-,23-,24-,25-/m0/s1. The topological polar surface area (TPSA) is 35.5 Å². The SMILES string of the molecule is CCOC1(O[C@H]2CC[C@H]3[C@@H]4CC[C@H]5CC(=O)CC[C@]5(C)[C@H]4CC[C@]23C)CCCC1. The first-order chi connectivity index (χ1) is 13.9. The molecule has 0 aliphatic heterocycles. The van der Waals surface area contributed by atoms with E-state index in [1.54, 1.807) is 0 Å². The summed E-state index contributed by atoms with van der Waals surface area (Å²) in [6.45, 7) is 7.98. The summed E-state index contributed by atoms with van der Waals surface area (Å²) >= 11 is 0. The van der Waals surface area contributed by atoms with Gasteiger partial charge in [-0.25, -0.2) is 0 Å². The number of ketones is 1. The third-order valence-corrected chi connectivity index (χ3v) is 10.5. The summed E-state index contributed by atoms with van der Waals surface area (Å²) in [5.74, 6) is 3.38. The summed E-state index contributed by atoms with van der Waals surface area (Å²) in [6, 6.07) is 0. The zero-order valence-electron chi connectivity index (χ0n) is 19.0. The lowest BCUT2D eigenvalue weighted by Gasteiger charge is -2.60. The van der Waals surface area contributed by atoms with Crippen molar-refractivity contribution in [2.75, 3.05) is 6.61 Å². The molecule has 5 fully saturated rings. The highest BCUT2D eigenvalue weighted by molar-refractivity contribution is 5.79. The van der Waals surface area contributed by atoms with Gasteiger partial charge in [0, 0.05) is 32.3 Å². The molecule has 5 aliphatic rings. The van der Waals surface area contributed by atoms with Crippen molar-refractivity contribution < 1.29 is 14.3 Å². The molecular weight excluding hydrogens is 360 g/mol. The monoisotopic (exact) mass is 402 g/mol. The van der Waals surface area contributed by atoms with E-state index in [2.05, 4.69) is 20.8 Å². The van der Waals surface area contributed by atoms with Crippen molar-refractivity contribution in [2.24, 2.45) is 34.5 Å². The van der Waals surface area contributed by atoms with Crippen LogP contribution >= 0.6 is 0 Å². The van der Waals surface area contributed by atoms with Crippen molar-refractivity contribution in [1.82, 2.24) is 0 Å². The van der Waals surface area contributed by atoms with Gasteiger partial charge in [-0.05, 0) is 99.2 Å². The second kappa shape index (κ2) is 7.33. The van der Waals surface area contributed by atoms with Crippen LogP contribution in [0.1, 0.15) is 104 Å². The largest absolute Gasteiger partial charge is 0.350 e. The van der Waals surface area contributed by atoms with E-state index in [0.717, 1.165) is 56.5 Å². The molecular formula is C26H42O3. The predicted molar refractivity (Wildman–Crippen MR) is 114 cm³/mol. The first-order valence-corrected chi connectivity index (χ1v) is 12.7. The maximum absolute atomic E-state index is 12.1. The second-order valence-corrected chi connectivity index (χ2v) is 11.7. The van der Waals surface area contributed by atoms with Gasteiger partial charge in [-0.2, -0.15) is 0 Å². The number of Topliss-reactive ketones (excluding diaryl/α,β-unsaturated/α-hetero) is 1. The van der Waals surface area contributed by atoms with Crippen molar-refractivity contribution in [1.29, 1.82) is 0 Å². The molecule has 0 aromatic rings. The molecule has 0 spiro atoms. The number of carbonyl (C=O) groups is 1. The Balaban J connectivity index is 1.35. The molecule has 5 aliphatic carbocycles. The van der Waals surface area contributed by atoms with Gasteiger partial charge in [-0.3, -0.25) is 4.79 Å². The van der Waals surface area contributed by atoms with E-state index in [4.69, 9.17) is 9.47 Å². The molecule has 3 nitrogen and oxygen atoms in total. The van der Waals surface area contributed by atoms with Crippen molar-refractivity contribution in [2.45, 2.75) is 116 Å². The first kappa shape index (κ1) is 20.5. The van der Waals surface area contributed by atoms with Gasteiger partial charge in [-0.15, -0.1) is 0 Å². The normalized spacial score (nSPS) is 48.8. The lowest BCUT2D eigenvalue weighted by atomic mass is 9.45. The molecule has 3 heteroatoms. The fourth-order valence-electron chi connectivity index (χ4n) is 8.92. The molecule has 7 atom stereocenters. The number of carbonyl (C=O) groups excluding carboxylic acids is 1. The molecule has 5 rings (SSSR count). The van der Waals surface area contributed by atoms with E-state index in [9.17, 15) is 4.79 Å². The maximum atomic E-state index is 12.1. The molecule has 0 amide bonds. The Morgan fingerprint density at radius 1 is 0.897 bits per heavy atom. The van der Waals surface area contributed by atoms with Crippen LogP contribution in [-0.4, -0.2) is 24.3 Å². The van der Waals surface area contributed by atoms with E-state index in [1.165, 1.54) is 51.4 Å². The van der Waals surface area contributed by atoms with Crippen LogP contribution in [0.25, 0.3) is 0 Å². The van der Waals surface area contributed by atoms with E-state index in [1.807, 2.05) is 0 Å². The van der Waals surface area contributed by atoms with E-state index >= 15 is 0 Å². The Morgan fingerprint density at radius 2 is 1.66 bits per heavy atom. The molecule has 0 aromatic carbocycles. The van der Waals surface area contributed by atoms with Gasteiger partial charge < -0.3 is 9.47 Å². The fourth-order valence-corrected chi connectivity index (χ4v) is 8.92. The molecule has 0 unspecified atom stereocenters. The van der Waals surface area contributed by atoms with Crippen LogP contribution < -0.4 is 0 Å². The molecule has 0 aromatic heterocycles. The van der Waals surface area contributed by atoms with Crippen molar-refractivity contribution >= 4 is 5.78 Å². The zero-order chi connectivity index (χ0) is 20.3. The van der Waals surface area contributed by atoms with Crippen LogP contribution in [0.3, 0.4) is 0 Å². The number of fused-ring (bicyclic) bond motifs is 5. The van der Waals surface area contributed by atoms with Gasteiger partial charge in [0.15, 0.2) is 5.79 Å². The number of hydrogen-bond acceptors (Lipinski definition) is 3. The molecule has 0 N–H and O–H groups in total. The van der Waals surface area contributed by atoms with E-state index in [-0.39, 0.29) is 5.79 Å². The molecule has 0 radical (unpaired) electrons. The zero-order valence-corrected chi connectivity index (χ0v) is 19.0. The van der Waals surface area contributed by atoms with Crippen LogP contribution in [0.2, 0.25) is 0 Å². The van der Waals surface area contributed by atoms with Crippen LogP contribution in [0.15, 0.2) is 0 Å². The fraction of sp³-hybridized carbons (Fsp3) is 0.962. The van der Waals surface area contributed by atoms with Gasteiger partial charge >= 0.3 is 0 Å². The number of ether oxygens (including phenoxy) is 2. The minimum Gasteiger partial charge on any atom is -0.350 e. The lowest BCUT2D eigenvalue weighted by molar-refractivity contribution is -0.273. The minimum absolute atomic E-state index is 0.290. The molecule has 0 bridgehead atoms. The van der Waals surface area contributed by atoms with Gasteiger partial charge in [0.05, 0.1) is 6.10 Å². The average molecular weight is 403 g/mol. The van der Waals surface area contributed by atoms with Crippen LogP contribution in [0.4, 0.5) is 0 Å². The van der Waals surface area contributed by atoms with Crippen LogP contribution in [-0.2, 0) is 14.3 Å². The van der Waals surface area contributed by atoms with Crippen LogP contribution in [0, 0.1) is 34.5 Å². The van der Waals surface area contributed by atoms with Crippen molar-refractivity contribution in [3.8, 4) is 0 Å². The lowest BCUT2D eigenvalue weighted by Crippen LogP contribution is -2.55. The average Bonchev–Trinajstić information content (AvgIpc) is 3.28. The quantitative estimate of drug-likeness (QED) is 0.518. The molecule has 0 saturated heterocycles. The Hall–Kier alpha value is -0.410. The number of hydrogen-bond donors (Lipinski definition) is 0. The summed E-state index contributed by atoms with van der Waals surface area (Å²) < 4.78 is 13.2. The summed E-state index contributed by atoms with van der Waals surface area (Å²) in [7, 11) is 0. The van der Waals surface area contributed by atoms with Crippen LogP contribution in [0.5, 0.6) is 0 Å². The molecule has 0 heterocycles. The van der Waals surface area contributed by atoms with Gasteiger partial charge in [0.2, 0.25) is 0 Å². The minimum atomic E-state index is -0.290. The van der Waals surface area contributed by atoms with Gasteiger partial charge in [0.25, 0.3) is 0 Å². The highest BCUT2D eigenvalue weighted by atomic mass is 16.7. The van der Waals surface area contributed by atoms with E-state index in [0.29, 0.717) is 28.6 Å². The summed E-state index contributed by atoms with van der Waals surface area (Å²) in [4.78, 5) is 12.1. The van der Waals surface area contributed by atoms with Crippen molar-refractivity contribution in [3.05, 3.63) is 0 Å². The predicted octanol–water partition coefficient (Wildman–Crippen LogP) is 6.29. The molecule has 5 saturated carbocycles. The highest BCUT2D eigenvalue weighted by Gasteiger charge is 2.61. The first-order valence-electron chi connectivity index (χ1n) is 12.7. The van der Waals surface area contributed by atoms with Gasteiger partial charge in [-0.1, -0.05) is 13.8 Å². The maximum Gasteiger partial charge on any atom is 0.168 e. The summed E-state index contributed by atoms with van der Waals surface area (Å²) in [6.07, 6.45) is 15.7. The number of rotatable bonds is 4. The second-order valence-electron chi connectivity index (χ2n) is 11.7. The van der Waals surface area contributed by atoms with Gasteiger partial charge in [0.1, 0.15) is 5.78 Å². The summed E-state index contributed by atoms with van der Waals surface area (Å²) in [5.41, 5.74) is 0.733. The smallest absolute Gasteiger partial charge is 0.168 e. The Bertz CT molecular complexity index is 638. The molecule has 29 heavy (non-hydrogen) atoms. The Morgan fingerprint density at radius 3 is 2.41 bits per heavy atom. The third-order valence-electron chi connectivity index (χ3n) is 10.5.